The molecule has 1 atom stereocenters. The average Bonchev–Trinajstić information content (AvgIpc) is 3.35. The zero-order chi connectivity index (χ0) is 18.1. The average molecular weight is 374 g/mol. The molecule has 136 valence electrons. The summed E-state index contributed by atoms with van der Waals surface area (Å²) in [5.41, 5.74) is 0.215. The van der Waals surface area contributed by atoms with Crippen molar-refractivity contribution in [2.45, 2.75) is 38.0 Å². The summed E-state index contributed by atoms with van der Waals surface area (Å²) in [6.07, 6.45) is 4.73. The second kappa shape index (κ2) is 7.11. The Morgan fingerprint density at radius 2 is 2.00 bits per heavy atom. The molecule has 2 heterocycles. The summed E-state index contributed by atoms with van der Waals surface area (Å²) in [5, 5.41) is 12.5. The molecule has 0 bridgehead atoms. The van der Waals surface area contributed by atoms with Gasteiger partial charge in [0.1, 0.15) is 10.8 Å². The molecule has 2 fully saturated rings. The van der Waals surface area contributed by atoms with E-state index in [0.29, 0.717) is 11.0 Å². The van der Waals surface area contributed by atoms with Crippen LogP contribution in [0, 0.1) is 11.7 Å². The lowest BCUT2D eigenvalue weighted by Gasteiger charge is -2.17. The smallest absolute Gasteiger partial charge is 0.231 e. The number of anilines is 2. The van der Waals surface area contributed by atoms with Crippen molar-refractivity contribution in [1.82, 2.24) is 10.2 Å². The summed E-state index contributed by atoms with van der Waals surface area (Å²) in [7, 11) is 0. The van der Waals surface area contributed by atoms with Crippen molar-refractivity contribution in [2.75, 3.05) is 16.8 Å². The van der Waals surface area contributed by atoms with Gasteiger partial charge < -0.3 is 10.2 Å². The van der Waals surface area contributed by atoms with Gasteiger partial charge in [-0.3, -0.25) is 9.59 Å². The normalized spacial score (nSPS) is 20.7. The van der Waals surface area contributed by atoms with Crippen LogP contribution in [0.25, 0.3) is 0 Å². The number of carbonyl (C=O) groups is 2. The number of aromatic nitrogens is 2. The predicted molar refractivity (Wildman–Crippen MR) is 96.6 cm³/mol. The highest BCUT2D eigenvalue weighted by atomic mass is 32.1. The van der Waals surface area contributed by atoms with Crippen LogP contribution < -0.4 is 10.2 Å². The summed E-state index contributed by atoms with van der Waals surface area (Å²) < 4.78 is 13.9. The Bertz CT molecular complexity index is 834. The first kappa shape index (κ1) is 17.1. The molecule has 1 saturated heterocycles. The number of halogens is 1. The molecule has 1 aromatic heterocycles. The van der Waals surface area contributed by atoms with E-state index in [0.717, 1.165) is 17.8 Å². The zero-order valence-corrected chi connectivity index (χ0v) is 15.0. The molecule has 0 spiro atoms. The molecule has 2 aromatic rings. The van der Waals surface area contributed by atoms with Gasteiger partial charge >= 0.3 is 0 Å². The first-order chi connectivity index (χ1) is 12.6. The SMILES string of the molecule is O=C(Nc1nnc(C2CCCC2)s1)C1CC(=O)N(c2ccccc2F)C1. The lowest BCUT2D eigenvalue weighted by molar-refractivity contribution is -0.122. The lowest BCUT2D eigenvalue weighted by atomic mass is 10.1. The molecule has 1 unspecified atom stereocenters. The van der Waals surface area contributed by atoms with E-state index in [4.69, 9.17) is 0 Å². The van der Waals surface area contributed by atoms with E-state index in [-0.39, 0.29) is 30.5 Å². The summed E-state index contributed by atoms with van der Waals surface area (Å²) in [6, 6.07) is 6.10. The molecule has 1 aromatic carbocycles. The van der Waals surface area contributed by atoms with Crippen LogP contribution in [0.1, 0.15) is 43.0 Å². The van der Waals surface area contributed by atoms with Gasteiger partial charge in [0.15, 0.2) is 0 Å². The van der Waals surface area contributed by atoms with Crippen LogP contribution in [-0.4, -0.2) is 28.6 Å². The van der Waals surface area contributed by atoms with Gasteiger partial charge in [-0.1, -0.05) is 36.3 Å². The van der Waals surface area contributed by atoms with Crippen LogP contribution in [0.5, 0.6) is 0 Å². The van der Waals surface area contributed by atoms with Crippen LogP contribution in [0.3, 0.4) is 0 Å². The van der Waals surface area contributed by atoms with Crippen molar-refractivity contribution >= 4 is 34.0 Å². The molecule has 2 amide bonds. The lowest BCUT2D eigenvalue weighted by Crippen LogP contribution is -2.28. The minimum Gasteiger partial charge on any atom is -0.309 e. The summed E-state index contributed by atoms with van der Waals surface area (Å²) in [4.78, 5) is 26.1. The molecule has 6 nitrogen and oxygen atoms in total. The van der Waals surface area contributed by atoms with Crippen molar-refractivity contribution in [1.29, 1.82) is 0 Å². The van der Waals surface area contributed by atoms with Crippen molar-refractivity contribution in [3.05, 3.63) is 35.1 Å². The summed E-state index contributed by atoms with van der Waals surface area (Å²) >= 11 is 1.40. The Kier molecular flexibility index (Phi) is 4.67. The number of nitrogens with one attached hydrogen (secondary N) is 1. The van der Waals surface area contributed by atoms with Crippen LogP contribution in [0.15, 0.2) is 24.3 Å². The molecule has 2 aliphatic rings. The van der Waals surface area contributed by atoms with E-state index in [1.807, 2.05) is 0 Å². The van der Waals surface area contributed by atoms with E-state index in [2.05, 4.69) is 15.5 Å². The number of nitrogens with zero attached hydrogens (tertiary/aromatic N) is 3. The quantitative estimate of drug-likeness (QED) is 0.891. The zero-order valence-electron chi connectivity index (χ0n) is 14.2. The number of amides is 2. The highest BCUT2D eigenvalue weighted by Crippen LogP contribution is 2.36. The maximum Gasteiger partial charge on any atom is 0.231 e. The first-order valence-electron chi connectivity index (χ1n) is 8.81. The Morgan fingerprint density at radius 3 is 2.77 bits per heavy atom. The molecule has 1 saturated carbocycles. The largest absolute Gasteiger partial charge is 0.309 e. The highest BCUT2D eigenvalue weighted by molar-refractivity contribution is 7.15. The fourth-order valence-corrected chi connectivity index (χ4v) is 4.53. The highest BCUT2D eigenvalue weighted by Gasteiger charge is 2.36. The summed E-state index contributed by atoms with van der Waals surface area (Å²) in [5.74, 6) is -1.07. The van der Waals surface area contributed by atoms with Crippen LogP contribution in [0.4, 0.5) is 15.2 Å². The van der Waals surface area contributed by atoms with Crippen LogP contribution in [-0.2, 0) is 9.59 Å². The third kappa shape index (κ3) is 3.33. The number of benzene rings is 1. The van der Waals surface area contributed by atoms with Gasteiger partial charge in [0, 0.05) is 18.9 Å². The van der Waals surface area contributed by atoms with Gasteiger partial charge in [-0.05, 0) is 25.0 Å². The maximum atomic E-state index is 13.9. The molecular weight excluding hydrogens is 355 g/mol. The van der Waals surface area contributed by atoms with Gasteiger partial charge in [0.05, 0.1) is 11.6 Å². The molecule has 0 radical (unpaired) electrons. The van der Waals surface area contributed by atoms with E-state index < -0.39 is 11.7 Å². The molecule has 4 rings (SSSR count). The van der Waals surface area contributed by atoms with E-state index in [1.54, 1.807) is 18.2 Å². The van der Waals surface area contributed by atoms with E-state index >= 15 is 0 Å². The second-order valence-electron chi connectivity index (χ2n) is 6.77. The third-order valence-corrected chi connectivity index (χ3v) is 6.02. The van der Waals surface area contributed by atoms with Crippen LogP contribution in [0.2, 0.25) is 0 Å². The van der Waals surface area contributed by atoms with Gasteiger partial charge in [-0.15, -0.1) is 10.2 Å². The molecule has 1 aliphatic carbocycles. The fraction of sp³-hybridized carbons (Fsp3) is 0.444. The van der Waals surface area contributed by atoms with Crippen molar-refractivity contribution in [3.63, 3.8) is 0 Å². The standard InChI is InChI=1S/C18H19FN4O2S/c19-13-7-3-4-8-14(13)23-10-12(9-15(23)24)16(25)20-18-22-21-17(26-18)11-5-1-2-6-11/h3-4,7-8,11-12H,1-2,5-6,9-10H2,(H,20,22,25). The predicted octanol–water partition coefficient (Wildman–Crippen LogP) is 3.33. The van der Waals surface area contributed by atoms with Crippen molar-refractivity contribution < 1.29 is 14.0 Å². The molecular formula is C18H19FN4O2S. The van der Waals surface area contributed by atoms with E-state index in [1.165, 1.54) is 35.1 Å². The summed E-state index contributed by atoms with van der Waals surface area (Å²) in [6.45, 7) is 0.167. The second-order valence-corrected chi connectivity index (χ2v) is 7.78. The van der Waals surface area contributed by atoms with Gasteiger partial charge in [-0.25, -0.2) is 4.39 Å². The number of para-hydroxylation sites is 1. The first-order valence-corrected chi connectivity index (χ1v) is 9.62. The number of hydrogen-bond acceptors (Lipinski definition) is 5. The Morgan fingerprint density at radius 1 is 1.23 bits per heavy atom. The maximum absolute atomic E-state index is 13.9. The minimum absolute atomic E-state index is 0.0639. The molecule has 26 heavy (non-hydrogen) atoms. The topological polar surface area (TPSA) is 75.2 Å². The number of carbonyl (C=O) groups excluding carboxylic acids is 2. The Hall–Kier alpha value is -2.35. The fourth-order valence-electron chi connectivity index (χ4n) is 3.62. The monoisotopic (exact) mass is 374 g/mol. The van der Waals surface area contributed by atoms with Crippen molar-refractivity contribution in [3.8, 4) is 0 Å². The van der Waals surface area contributed by atoms with Gasteiger partial charge in [0.2, 0.25) is 16.9 Å². The van der Waals surface area contributed by atoms with Crippen molar-refractivity contribution in [2.24, 2.45) is 5.92 Å². The molecule has 1 aliphatic heterocycles. The third-order valence-electron chi connectivity index (χ3n) is 5.01. The van der Waals surface area contributed by atoms with Gasteiger partial charge in [-0.2, -0.15) is 0 Å². The number of hydrogen-bond donors (Lipinski definition) is 1. The van der Waals surface area contributed by atoms with Gasteiger partial charge in [0.25, 0.3) is 0 Å². The molecule has 8 heteroatoms. The Balaban J connectivity index is 1.41. The number of rotatable bonds is 4. The Labute approximate surface area is 154 Å². The van der Waals surface area contributed by atoms with Crippen LogP contribution >= 0.6 is 11.3 Å². The van der Waals surface area contributed by atoms with E-state index in [9.17, 15) is 14.0 Å². The molecule has 1 N–H and O–H groups in total. The minimum atomic E-state index is -0.527.